The summed E-state index contributed by atoms with van der Waals surface area (Å²) in [5.41, 5.74) is -0.0484. The predicted octanol–water partition coefficient (Wildman–Crippen LogP) is 1.55. The second kappa shape index (κ2) is 5.17. The average molecular weight is 266 g/mol. The lowest BCUT2D eigenvalue weighted by Gasteiger charge is -2.09. The lowest BCUT2D eigenvalue weighted by Crippen LogP contribution is -2.34. The fraction of sp³-hybridized carbons (Fsp3) is 0.400. The van der Waals surface area contributed by atoms with Crippen molar-refractivity contribution in [3.63, 3.8) is 0 Å². The van der Waals surface area contributed by atoms with E-state index in [-0.39, 0.29) is 6.04 Å². The van der Waals surface area contributed by atoms with Crippen LogP contribution in [0, 0.1) is 0 Å². The van der Waals surface area contributed by atoms with E-state index in [1.165, 1.54) is 12.1 Å². The number of hydrogen-bond acceptors (Lipinski definition) is 3. The van der Waals surface area contributed by atoms with Gasteiger partial charge in [-0.2, -0.15) is 13.2 Å². The molecule has 0 aliphatic heterocycles. The van der Waals surface area contributed by atoms with Crippen molar-refractivity contribution < 1.29 is 27.6 Å². The minimum absolute atomic E-state index is 0.117. The first-order valence-corrected chi connectivity index (χ1v) is 7.06. The lowest BCUT2D eigenvalue weighted by molar-refractivity contribution is -0.137. The highest BCUT2D eigenvalue weighted by Crippen LogP contribution is 2.29. The molecule has 0 saturated heterocycles. The van der Waals surface area contributed by atoms with Gasteiger partial charge in [0.2, 0.25) is 0 Å². The highest BCUT2D eigenvalue weighted by Gasteiger charge is 2.30. The van der Waals surface area contributed by atoms with Crippen molar-refractivity contribution >= 4 is 8.80 Å². The maximum Gasteiger partial charge on any atom is 0.492 e. The molecule has 0 aromatic heterocycles. The summed E-state index contributed by atoms with van der Waals surface area (Å²) in [6, 6.07) is 4.54. The van der Waals surface area contributed by atoms with Gasteiger partial charge in [-0.05, 0) is 30.5 Å². The molecule has 0 saturated carbocycles. The van der Waals surface area contributed by atoms with Gasteiger partial charge in [-0.25, -0.2) is 0 Å². The van der Waals surface area contributed by atoms with E-state index in [4.69, 9.17) is 14.4 Å². The number of rotatable bonds is 4. The number of aryl methyl sites for hydroxylation is 1. The minimum atomic E-state index is -4.35. The van der Waals surface area contributed by atoms with Crippen LogP contribution in [-0.2, 0) is 12.6 Å². The molecule has 0 aliphatic carbocycles. The Kier molecular flexibility index (Phi) is 4.31. The molecule has 0 unspecified atom stereocenters. The van der Waals surface area contributed by atoms with Crippen molar-refractivity contribution in [3.8, 4) is 0 Å². The van der Waals surface area contributed by atoms with Gasteiger partial charge in [0.1, 0.15) is 0 Å². The van der Waals surface area contributed by atoms with Crippen molar-refractivity contribution in [2.24, 2.45) is 0 Å². The standard InChI is InChI=1S/C10H13F3O3Si/c11-10(12,13)9-5-3-8(4-6-9)2-1-7-17(14,15)16/h3-6,14-16H,1-2,7H2. The van der Waals surface area contributed by atoms with Crippen molar-refractivity contribution in [1.82, 2.24) is 0 Å². The molecule has 7 heteroatoms. The Morgan fingerprint density at radius 1 is 1.00 bits per heavy atom. The summed E-state index contributed by atoms with van der Waals surface area (Å²) in [7, 11) is -4.03. The fourth-order valence-electron chi connectivity index (χ4n) is 1.39. The molecule has 17 heavy (non-hydrogen) atoms. The van der Waals surface area contributed by atoms with E-state index >= 15 is 0 Å². The lowest BCUT2D eigenvalue weighted by atomic mass is 10.1. The Hall–Kier alpha value is -0.893. The Labute approximate surface area is 97.5 Å². The van der Waals surface area contributed by atoms with Gasteiger partial charge in [0, 0.05) is 6.04 Å². The summed E-state index contributed by atoms with van der Waals surface area (Å²) < 4.78 is 36.7. The molecule has 0 bridgehead atoms. The molecule has 3 N–H and O–H groups in total. The van der Waals surface area contributed by atoms with Crippen molar-refractivity contribution in [2.75, 3.05) is 0 Å². The molecule has 1 aromatic rings. The van der Waals surface area contributed by atoms with Crippen LogP contribution in [0.25, 0.3) is 0 Å². The zero-order chi connectivity index (χ0) is 13.1. The summed E-state index contributed by atoms with van der Waals surface area (Å²) in [5, 5.41) is 0. The van der Waals surface area contributed by atoms with E-state index in [2.05, 4.69) is 0 Å². The Morgan fingerprint density at radius 2 is 1.53 bits per heavy atom. The van der Waals surface area contributed by atoms with E-state index in [1.54, 1.807) is 0 Å². The van der Waals surface area contributed by atoms with Gasteiger partial charge < -0.3 is 14.4 Å². The second-order valence-corrected chi connectivity index (χ2v) is 5.87. The van der Waals surface area contributed by atoms with Crippen molar-refractivity contribution in [1.29, 1.82) is 0 Å². The molecule has 1 aromatic carbocycles. The van der Waals surface area contributed by atoms with Crippen LogP contribution in [0.1, 0.15) is 17.5 Å². The van der Waals surface area contributed by atoms with Gasteiger partial charge in [-0.15, -0.1) is 0 Å². The van der Waals surface area contributed by atoms with Crippen LogP contribution in [-0.4, -0.2) is 23.2 Å². The zero-order valence-corrected chi connectivity index (χ0v) is 9.91. The van der Waals surface area contributed by atoms with Gasteiger partial charge in [-0.1, -0.05) is 12.1 Å². The highest BCUT2D eigenvalue weighted by atomic mass is 28.4. The first kappa shape index (κ1) is 14.2. The Balaban J connectivity index is 2.52. The summed E-state index contributed by atoms with van der Waals surface area (Å²) in [4.78, 5) is 26.2. The van der Waals surface area contributed by atoms with E-state index in [0.717, 1.165) is 12.1 Å². The molecule has 0 radical (unpaired) electrons. The fourth-order valence-corrected chi connectivity index (χ4v) is 2.04. The largest absolute Gasteiger partial charge is 0.492 e. The summed E-state index contributed by atoms with van der Waals surface area (Å²) in [6.07, 6.45) is -3.63. The molecule has 1 rings (SSSR count). The molecule has 0 atom stereocenters. The normalized spacial score (nSPS) is 12.8. The van der Waals surface area contributed by atoms with Crippen LogP contribution in [0.2, 0.25) is 6.04 Å². The maximum absolute atomic E-state index is 12.2. The molecular formula is C10H13F3O3Si. The molecule has 3 nitrogen and oxygen atoms in total. The Bertz CT molecular complexity index is 357. The smallest absolute Gasteiger partial charge is 0.390 e. The van der Waals surface area contributed by atoms with Crippen LogP contribution >= 0.6 is 0 Å². The molecule has 96 valence electrons. The van der Waals surface area contributed by atoms with Crippen LogP contribution in [0.3, 0.4) is 0 Å². The quantitative estimate of drug-likeness (QED) is 0.725. The Morgan fingerprint density at radius 3 is 1.94 bits per heavy atom. The number of halogens is 3. The third kappa shape index (κ3) is 5.31. The third-order valence-corrected chi connectivity index (χ3v) is 3.28. The summed E-state index contributed by atoms with van der Waals surface area (Å²) in [5.74, 6) is 0. The molecule has 0 spiro atoms. The van der Waals surface area contributed by atoms with Crippen LogP contribution in [0.5, 0.6) is 0 Å². The molecular weight excluding hydrogens is 253 g/mol. The number of benzene rings is 1. The second-order valence-electron chi connectivity index (χ2n) is 3.82. The van der Waals surface area contributed by atoms with Crippen molar-refractivity contribution in [2.45, 2.75) is 25.1 Å². The molecule has 0 heterocycles. The average Bonchev–Trinajstić information content (AvgIpc) is 2.15. The topological polar surface area (TPSA) is 60.7 Å². The predicted molar refractivity (Wildman–Crippen MR) is 57.0 cm³/mol. The molecule has 0 aliphatic rings. The summed E-state index contributed by atoms with van der Waals surface area (Å²) >= 11 is 0. The molecule has 0 fully saturated rings. The number of alkyl halides is 3. The van der Waals surface area contributed by atoms with Crippen LogP contribution < -0.4 is 0 Å². The van der Waals surface area contributed by atoms with Crippen molar-refractivity contribution in [3.05, 3.63) is 35.4 Å². The first-order chi connectivity index (χ1) is 7.68. The number of hydrogen-bond donors (Lipinski definition) is 3. The van der Waals surface area contributed by atoms with E-state index in [1.807, 2.05) is 0 Å². The van der Waals surface area contributed by atoms with Gasteiger partial charge in [0.05, 0.1) is 5.56 Å². The van der Waals surface area contributed by atoms with Crippen LogP contribution in [0.4, 0.5) is 13.2 Å². The molecule has 0 amide bonds. The van der Waals surface area contributed by atoms with Gasteiger partial charge in [-0.3, -0.25) is 0 Å². The third-order valence-electron chi connectivity index (χ3n) is 2.26. The van der Waals surface area contributed by atoms with E-state index < -0.39 is 20.5 Å². The van der Waals surface area contributed by atoms with Gasteiger partial charge >= 0.3 is 15.0 Å². The summed E-state index contributed by atoms with van der Waals surface area (Å²) in [6.45, 7) is 0. The van der Waals surface area contributed by atoms with E-state index in [0.29, 0.717) is 18.4 Å². The van der Waals surface area contributed by atoms with Crippen LogP contribution in [0.15, 0.2) is 24.3 Å². The first-order valence-electron chi connectivity index (χ1n) is 5.02. The van der Waals surface area contributed by atoms with Gasteiger partial charge in [0.25, 0.3) is 0 Å². The monoisotopic (exact) mass is 266 g/mol. The van der Waals surface area contributed by atoms with Gasteiger partial charge in [0.15, 0.2) is 0 Å². The SMILES string of the molecule is O[Si](O)(O)CCCc1ccc(C(F)(F)F)cc1. The maximum atomic E-state index is 12.2. The highest BCUT2D eigenvalue weighted by molar-refractivity contribution is 6.56. The zero-order valence-electron chi connectivity index (χ0n) is 8.91. The van der Waals surface area contributed by atoms with E-state index in [9.17, 15) is 13.2 Å². The minimum Gasteiger partial charge on any atom is -0.390 e.